The third-order valence-corrected chi connectivity index (χ3v) is 5.61. The van der Waals surface area contributed by atoms with E-state index < -0.39 is 0 Å². The van der Waals surface area contributed by atoms with Gasteiger partial charge in [-0.25, -0.2) is 4.98 Å². The molecule has 4 rings (SSSR count). The smallest absolute Gasteiger partial charge is 0.291 e. The average molecular weight is 457 g/mol. The number of hydrogen-bond donors (Lipinski definition) is 2. The molecule has 0 aliphatic carbocycles. The Bertz CT molecular complexity index is 1230. The Balaban J connectivity index is 1.27. The molecular formula is C27H28N4O3. The van der Waals surface area contributed by atoms with Crippen molar-refractivity contribution in [3.8, 4) is 0 Å². The lowest BCUT2D eigenvalue weighted by Gasteiger charge is -2.19. The number of carbonyl (C=O) groups excluding carboxylic acids is 2. The van der Waals surface area contributed by atoms with Crippen LogP contribution in [0.1, 0.15) is 35.5 Å². The van der Waals surface area contributed by atoms with E-state index in [1.54, 1.807) is 24.4 Å². The van der Waals surface area contributed by atoms with Gasteiger partial charge in [-0.2, -0.15) is 0 Å². The predicted octanol–water partition coefficient (Wildman–Crippen LogP) is 4.79. The molecule has 7 heteroatoms. The van der Waals surface area contributed by atoms with Crippen molar-refractivity contribution in [3.05, 3.63) is 89.8 Å². The van der Waals surface area contributed by atoms with E-state index in [-0.39, 0.29) is 24.0 Å². The maximum Gasteiger partial charge on any atom is 0.291 e. The summed E-state index contributed by atoms with van der Waals surface area (Å²) in [5.41, 5.74) is 3.11. The highest BCUT2D eigenvalue weighted by Gasteiger charge is 2.12. The molecule has 4 aromatic rings. The zero-order chi connectivity index (χ0) is 23.9. The zero-order valence-corrected chi connectivity index (χ0v) is 19.4. The van der Waals surface area contributed by atoms with Crippen LogP contribution in [0.5, 0.6) is 0 Å². The van der Waals surface area contributed by atoms with Crippen LogP contribution in [-0.4, -0.2) is 29.9 Å². The zero-order valence-electron chi connectivity index (χ0n) is 19.4. The molecule has 2 aromatic carbocycles. The van der Waals surface area contributed by atoms with Crippen molar-refractivity contribution >= 4 is 34.3 Å². The minimum Gasteiger partial charge on any atom is -0.451 e. The highest BCUT2D eigenvalue weighted by Crippen LogP contribution is 2.20. The van der Waals surface area contributed by atoms with Crippen LogP contribution in [0.2, 0.25) is 0 Å². The molecule has 0 unspecified atom stereocenters. The number of nitrogens with one attached hydrogen (secondary N) is 2. The monoisotopic (exact) mass is 456 g/mol. The second-order valence-corrected chi connectivity index (χ2v) is 7.95. The van der Waals surface area contributed by atoms with Crippen LogP contribution in [0.15, 0.2) is 77.3 Å². The van der Waals surface area contributed by atoms with Crippen LogP contribution in [-0.2, 0) is 17.8 Å². The van der Waals surface area contributed by atoms with E-state index >= 15 is 0 Å². The first-order chi connectivity index (χ1) is 16.6. The van der Waals surface area contributed by atoms with Crippen molar-refractivity contribution in [3.63, 3.8) is 0 Å². The summed E-state index contributed by atoms with van der Waals surface area (Å²) in [6.07, 6.45) is 2.05. The van der Waals surface area contributed by atoms with Crippen LogP contribution >= 0.6 is 0 Å². The number of carbonyl (C=O) groups is 2. The van der Waals surface area contributed by atoms with Crippen molar-refractivity contribution in [2.24, 2.45) is 0 Å². The Morgan fingerprint density at radius 1 is 0.941 bits per heavy atom. The summed E-state index contributed by atoms with van der Waals surface area (Å²) < 4.78 is 5.60. The lowest BCUT2D eigenvalue weighted by Crippen LogP contribution is -2.25. The van der Waals surface area contributed by atoms with E-state index in [1.807, 2.05) is 48.5 Å². The molecule has 7 nitrogen and oxygen atoms in total. The third-order valence-electron chi connectivity index (χ3n) is 5.61. The molecule has 0 fully saturated rings. The highest BCUT2D eigenvalue weighted by molar-refractivity contribution is 6.04. The molecule has 2 amide bonds. The van der Waals surface area contributed by atoms with E-state index in [2.05, 4.69) is 34.4 Å². The maximum atomic E-state index is 12.5. The number of aromatic nitrogens is 1. The number of fused-ring (bicyclic) bond motifs is 1. The van der Waals surface area contributed by atoms with Gasteiger partial charge in [-0.15, -0.1) is 0 Å². The van der Waals surface area contributed by atoms with E-state index in [0.29, 0.717) is 17.8 Å². The van der Waals surface area contributed by atoms with Crippen molar-refractivity contribution in [1.29, 1.82) is 0 Å². The average Bonchev–Trinajstić information content (AvgIpc) is 3.30. The lowest BCUT2D eigenvalue weighted by molar-refractivity contribution is -0.120. The van der Waals surface area contributed by atoms with E-state index in [9.17, 15) is 9.59 Å². The first-order valence-electron chi connectivity index (χ1n) is 11.4. The minimum atomic E-state index is -0.317. The number of amides is 2. The normalized spacial score (nSPS) is 10.8. The number of para-hydroxylation sites is 1. The number of anilines is 2. The molecule has 0 spiro atoms. The molecule has 0 aliphatic heterocycles. The number of benzene rings is 2. The third kappa shape index (κ3) is 5.61. The lowest BCUT2D eigenvalue weighted by atomic mass is 10.1. The minimum absolute atomic E-state index is 0.0770. The number of hydrogen-bond acceptors (Lipinski definition) is 5. The predicted molar refractivity (Wildman–Crippen MR) is 134 cm³/mol. The van der Waals surface area contributed by atoms with Gasteiger partial charge in [0.1, 0.15) is 11.4 Å². The highest BCUT2D eigenvalue weighted by atomic mass is 16.3. The second-order valence-electron chi connectivity index (χ2n) is 7.95. The molecule has 174 valence electrons. The van der Waals surface area contributed by atoms with Crippen LogP contribution < -0.4 is 15.5 Å². The Morgan fingerprint density at radius 2 is 1.68 bits per heavy atom. The molecule has 2 N–H and O–H groups in total. The summed E-state index contributed by atoms with van der Waals surface area (Å²) in [5, 5.41) is 6.63. The van der Waals surface area contributed by atoms with E-state index in [1.165, 1.54) is 0 Å². The van der Waals surface area contributed by atoms with Crippen LogP contribution in [0.25, 0.3) is 11.0 Å². The Labute approximate surface area is 198 Å². The summed E-state index contributed by atoms with van der Waals surface area (Å²) in [5.74, 6) is 0.797. The fraction of sp³-hybridized carbons (Fsp3) is 0.222. The van der Waals surface area contributed by atoms with Crippen molar-refractivity contribution < 1.29 is 14.0 Å². The Hall–Kier alpha value is -4.13. The van der Waals surface area contributed by atoms with Gasteiger partial charge in [0.2, 0.25) is 5.91 Å². The number of pyridine rings is 1. The summed E-state index contributed by atoms with van der Waals surface area (Å²) in [7, 11) is 0. The van der Waals surface area contributed by atoms with Gasteiger partial charge < -0.3 is 20.0 Å². The SMILES string of the molecule is CCN(CC)c1ccc(CNC(=O)Cc2ccc(NC(=O)c3cc4ccccc4o3)cc2)cn1. The number of nitrogens with zero attached hydrogens (tertiary/aromatic N) is 2. The largest absolute Gasteiger partial charge is 0.451 e. The molecule has 0 atom stereocenters. The number of furan rings is 1. The molecule has 0 saturated carbocycles. The van der Waals surface area contributed by atoms with Crippen LogP contribution in [0.4, 0.5) is 11.5 Å². The molecule has 0 aliphatic rings. The van der Waals surface area contributed by atoms with Crippen LogP contribution in [0.3, 0.4) is 0 Å². The van der Waals surface area contributed by atoms with Gasteiger partial charge in [0.15, 0.2) is 5.76 Å². The van der Waals surface area contributed by atoms with E-state index in [4.69, 9.17) is 4.42 Å². The summed E-state index contributed by atoms with van der Waals surface area (Å²) in [6.45, 7) is 6.43. The quantitative estimate of drug-likeness (QED) is 0.378. The second kappa shape index (κ2) is 10.7. The molecule has 0 saturated heterocycles. The molecule has 0 radical (unpaired) electrons. The topological polar surface area (TPSA) is 87.5 Å². The molecule has 0 bridgehead atoms. The van der Waals surface area contributed by atoms with Gasteiger partial charge in [0, 0.05) is 36.9 Å². The molecular weight excluding hydrogens is 428 g/mol. The molecule has 34 heavy (non-hydrogen) atoms. The van der Waals surface area contributed by atoms with Gasteiger partial charge >= 0.3 is 0 Å². The summed E-state index contributed by atoms with van der Waals surface area (Å²) >= 11 is 0. The Morgan fingerprint density at radius 3 is 2.35 bits per heavy atom. The van der Waals surface area contributed by atoms with Gasteiger partial charge in [0.25, 0.3) is 5.91 Å². The van der Waals surface area contributed by atoms with E-state index in [0.717, 1.165) is 35.4 Å². The fourth-order valence-corrected chi connectivity index (χ4v) is 3.70. The summed E-state index contributed by atoms with van der Waals surface area (Å²) in [4.78, 5) is 31.5. The van der Waals surface area contributed by atoms with Gasteiger partial charge in [-0.05, 0) is 55.3 Å². The van der Waals surface area contributed by atoms with Crippen molar-refractivity contribution in [1.82, 2.24) is 10.3 Å². The van der Waals surface area contributed by atoms with Crippen molar-refractivity contribution in [2.45, 2.75) is 26.8 Å². The standard InChI is InChI=1S/C27H28N4O3/c1-3-31(4-2)25-14-11-20(17-28-25)18-29-26(32)15-19-9-12-22(13-10-19)30-27(33)24-16-21-7-5-6-8-23(21)34-24/h5-14,16-17H,3-4,15,18H2,1-2H3,(H,29,32)(H,30,33). The number of rotatable bonds is 9. The van der Waals surface area contributed by atoms with Crippen molar-refractivity contribution in [2.75, 3.05) is 23.3 Å². The summed E-state index contributed by atoms with van der Waals surface area (Å²) in [6, 6.07) is 20.4. The molecule has 2 aromatic heterocycles. The molecule has 2 heterocycles. The van der Waals surface area contributed by atoms with Gasteiger partial charge in [0.05, 0.1) is 6.42 Å². The first kappa shape index (κ1) is 23.0. The first-order valence-corrected chi connectivity index (χ1v) is 11.4. The van der Waals surface area contributed by atoms with Crippen LogP contribution in [0, 0.1) is 0 Å². The van der Waals surface area contributed by atoms with Gasteiger partial charge in [-0.3, -0.25) is 9.59 Å². The van der Waals surface area contributed by atoms with Gasteiger partial charge in [-0.1, -0.05) is 36.4 Å². The Kier molecular flexibility index (Phi) is 7.22. The maximum absolute atomic E-state index is 12.5. The fourth-order valence-electron chi connectivity index (χ4n) is 3.70.